The molecule has 2 heterocycles. The largest absolute Gasteiger partial charge is 0.375 e. The molecule has 2 N–H and O–H groups in total. The van der Waals surface area contributed by atoms with Crippen molar-refractivity contribution < 1.29 is 4.74 Å². The van der Waals surface area contributed by atoms with Gasteiger partial charge in [0.25, 0.3) is 0 Å². The van der Waals surface area contributed by atoms with Crippen molar-refractivity contribution in [3.8, 4) is 0 Å². The van der Waals surface area contributed by atoms with Crippen LogP contribution in [0, 0.1) is 0 Å². The first-order valence-electron chi connectivity index (χ1n) is 4.91. The zero-order chi connectivity index (χ0) is 9.64. The Morgan fingerprint density at radius 3 is 3.57 bits per heavy atom. The van der Waals surface area contributed by atoms with Crippen molar-refractivity contribution in [1.82, 2.24) is 10.3 Å². The van der Waals surface area contributed by atoms with E-state index in [-0.39, 0.29) is 6.10 Å². The Balaban J connectivity index is 1.73. The van der Waals surface area contributed by atoms with Gasteiger partial charge in [-0.15, -0.1) is 11.3 Å². The SMILES string of the molecule is c1csc(NCC2CNCCCO2)n1. The van der Waals surface area contributed by atoms with Crippen LogP contribution < -0.4 is 10.6 Å². The highest BCUT2D eigenvalue weighted by atomic mass is 32.1. The third-order valence-electron chi connectivity index (χ3n) is 2.14. The zero-order valence-electron chi connectivity index (χ0n) is 8.03. The number of nitrogens with zero attached hydrogens (tertiary/aromatic N) is 1. The third kappa shape index (κ3) is 2.94. The number of rotatable bonds is 3. The summed E-state index contributed by atoms with van der Waals surface area (Å²) in [5.41, 5.74) is 0. The van der Waals surface area contributed by atoms with E-state index in [1.165, 1.54) is 0 Å². The van der Waals surface area contributed by atoms with Crippen molar-refractivity contribution in [2.24, 2.45) is 0 Å². The van der Waals surface area contributed by atoms with Gasteiger partial charge in [-0.2, -0.15) is 0 Å². The van der Waals surface area contributed by atoms with E-state index < -0.39 is 0 Å². The van der Waals surface area contributed by atoms with Gasteiger partial charge in [0.05, 0.1) is 6.10 Å². The Morgan fingerprint density at radius 1 is 1.71 bits per heavy atom. The fourth-order valence-electron chi connectivity index (χ4n) is 1.41. The number of hydrogen-bond donors (Lipinski definition) is 2. The Labute approximate surface area is 87.7 Å². The van der Waals surface area contributed by atoms with Crippen molar-refractivity contribution in [3.05, 3.63) is 11.6 Å². The average Bonchev–Trinajstić information content (AvgIpc) is 2.58. The number of ether oxygens (including phenoxy) is 1. The molecule has 1 aromatic rings. The van der Waals surface area contributed by atoms with E-state index in [2.05, 4.69) is 15.6 Å². The topological polar surface area (TPSA) is 46.2 Å². The van der Waals surface area contributed by atoms with Crippen LogP contribution in [0.2, 0.25) is 0 Å². The minimum atomic E-state index is 0.265. The minimum absolute atomic E-state index is 0.265. The van der Waals surface area contributed by atoms with Gasteiger partial charge >= 0.3 is 0 Å². The van der Waals surface area contributed by atoms with Crippen molar-refractivity contribution in [3.63, 3.8) is 0 Å². The lowest BCUT2D eigenvalue weighted by atomic mass is 10.3. The Hall–Kier alpha value is -0.650. The molecule has 0 aromatic carbocycles. The summed E-state index contributed by atoms with van der Waals surface area (Å²) in [6.45, 7) is 3.68. The quantitative estimate of drug-likeness (QED) is 0.784. The summed E-state index contributed by atoms with van der Waals surface area (Å²) in [5.74, 6) is 0. The lowest BCUT2D eigenvalue weighted by Gasteiger charge is -2.14. The maximum absolute atomic E-state index is 5.65. The molecule has 0 aliphatic carbocycles. The molecule has 1 aliphatic heterocycles. The van der Waals surface area contributed by atoms with Gasteiger partial charge < -0.3 is 15.4 Å². The molecule has 4 nitrogen and oxygen atoms in total. The predicted octanol–water partition coefficient (Wildman–Crippen LogP) is 0.933. The highest BCUT2D eigenvalue weighted by Gasteiger charge is 2.11. The summed E-state index contributed by atoms with van der Waals surface area (Å²) in [7, 11) is 0. The molecule has 2 rings (SSSR count). The van der Waals surface area contributed by atoms with E-state index in [1.54, 1.807) is 17.5 Å². The van der Waals surface area contributed by atoms with Crippen LogP contribution >= 0.6 is 11.3 Å². The van der Waals surface area contributed by atoms with Gasteiger partial charge in [0.2, 0.25) is 0 Å². The van der Waals surface area contributed by atoms with E-state index in [4.69, 9.17) is 4.74 Å². The van der Waals surface area contributed by atoms with Gasteiger partial charge in [-0.05, 0) is 13.0 Å². The second-order valence-corrected chi connectivity index (χ2v) is 4.16. The smallest absolute Gasteiger partial charge is 0.182 e. The molecule has 1 fully saturated rings. The van der Waals surface area contributed by atoms with Gasteiger partial charge in [-0.1, -0.05) is 0 Å². The number of thiazole rings is 1. The van der Waals surface area contributed by atoms with E-state index in [1.807, 2.05) is 5.38 Å². The van der Waals surface area contributed by atoms with Crippen molar-refractivity contribution >= 4 is 16.5 Å². The highest BCUT2D eigenvalue weighted by molar-refractivity contribution is 7.13. The Kier molecular flexibility index (Phi) is 3.73. The van der Waals surface area contributed by atoms with Crippen LogP contribution in [0.1, 0.15) is 6.42 Å². The summed E-state index contributed by atoms with van der Waals surface area (Å²) in [6.07, 6.45) is 3.17. The van der Waals surface area contributed by atoms with Crippen LogP contribution in [0.5, 0.6) is 0 Å². The summed E-state index contributed by atoms with van der Waals surface area (Å²) in [4.78, 5) is 4.16. The summed E-state index contributed by atoms with van der Waals surface area (Å²) < 4.78 is 5.65. The van der Waals surface area contributed by atoms with Crippen molar-refractivity contribution in [2.45, 2.75) is 12.5 Å². The molecule has 0 amide bonds. The molecule has 5 heteroatoms. The minimum Gasteiger partial charge on any atom is -0.375 e. The maximum atomic E-state index is 5.65. The number of aromatic nitrogens is 1. The van der Waals surface area contributed by atoms with Crippen LogP contribution in [0.4, 0.5) is 5.13 Å². The van der Waals surface area contributed by atoms with E-state index in [9.17, 15) is 0 Å². The van der Waals surface area contributed by atoms with Gasteiger partial charge in [0, 0.05) is 31.3 Å². The fourth-order valence-corrected chi connectivity index (χ4v) is 1.95. The standard InChI is InChI=1S/C9H15N3OS/c1-2-10-6-8(13-4-1)7-12-9-11-3-5-14-9/h3,5,8,10H,1-2,4,6-7H2,(H,11,12). The molecule has 0 radical (unpaired) electrons. The molecule has 14 heavy (non-hydrogen) atoms. The van der Waals surface area contributed by atoms with E-state index in [0.717, 1.165) is 37.8 Å². The summed E-state index contributed by atoms with van der Waals surface area (Å²) in [5, 5.41) is 9.55. The molecule has 1 saturated heterocycles. The van der Waals surface area contributed by atoms with Crippen LogP contribution in [-0.2, 0) is 4.74 Å². The third-order valence-corrected chi connectivity index (χ3v) is 2.87. The molecule has 0 spiro atoms. The molecule has 1 atom stereocenters. The molecular formula is C9H15N3OS. The lowest BCUT2D eigenvalue weighted by Crippen LogP contribution is -2.32. The fraction of sp³-hybridized carbons (Fsp3) is 0.667. The second kappa shape index (κ2) is 5.29. The lowest BCUT2D eigenvalue weighted by molar-refractivity contribution is 0.0761. The first-order chi connectivity index (χ1) is 6.95. The maximum Gasteiger partial charge on any atom is 0.182 e. The van der Waals surface area contributed by atoms with Gasteiger partial charge in [-0.3, -0.25) is 0 Å². The second-order valence-electron chi connectivity index (χ2n) is 3.27. The summed E-state index contributed by atoms with van der Waals surface area (Å²) >= 11 is 1.62. The molecule has 0 saturated carbocycles. The first kappa shape index (κ1) is 9.89. The van der Waals surface area contributed by atoms with Gasteiger partial charge in [0.15, 0.2) is 5.13 Å². The average molecular weight is 213 g/mol. The highest BCUT2D eigenvalue weighted by Crippen LogP contribution is 2.10. The predicted molar refractivity (Wildman–Crippen MR) is 57.8 cm³/mol. The molecule has 1 unspecified atom stereocenters. The van der Waals surface area contributed by atoms with Crippen LogP contribution in [0.3, 0.4) is 0 Å². The van der Waals surface area contributed by atoms with Crippen LogP contribution in [0.25, 0.3) is 0 Å². The van der Waals surface area contributed by atoms with Crippen LogP contribution in [0.15, 0.2) is 11.6 Å². The zero-order valence-corrected chi connectivity index (χ0v) is 8.85. The molecule has 0 bridgehead atoms. The Morgan fingerprint density at radius 2 is 2.71 bits per heavy atom. The van der Waals surface area contributed by atoms with Crippen LogP contribution in [-0.4, -0.2) is 37.3 Å². The van der Waals surface area contributed by atoms with E-state index >= 15 is 0 Å². The normalized spacial score (nSPS) is 23.0. The molecule has 78 valence electrons. The van der Waals surface area contributed by atoms with Crippen molar-refractivity contribution in [1.29, 1.82) is 0 Å². The Bertz CT molecular complexity index is 245. The van der Waals surface area contributed by atoms with Gasteiger partial charge in [0.1, 0.15) is 0 Å². The number of anilines is 1. The molecule has 1 aromatic heterocycles. The molecular weight excluding hydrogens is 198 g/mol. The number of hydrogen-bond acceptors (Lipinski definition) is 5. The van der Waals surface area contributed by atoms with Crippen molar-refractivity contribution in [2.75, 3.05) is 31.6 Å². The molecule has 1 aliphatic rings. The monoisotopic (exact) mass is 213 g/mol. The first-order valence-corrected chi connectivity index (χ1v) is 5.79. The van der Waals surface area contributed by atoms with E-state index in [0.29, 0.717) is 0 Å². The van der Waals surface area contributed by atoms with Gasteiger partial charge in [-0.25, -0.2) is 4.98 Å². The summed E-state index contributed by atoms with van der Waals surface area (Å²) in [6, 6.07) is 0. The number of nitrogens with one attached hydrogen (secondary N) is 2.